The summed E-state index contributed by atoms with van der Waals surface area (Å²) in [5.74, 6) is 0.383. The minimum atomic E-state index is -0.203. The molecule has 0 unspecified atom stereocenters. The first-order chi connectivity index (χ1) is 14.0. The Bertz CT molecular complexity index is 1050. The van der Waals surface area contributed by atoms with Gasteiger partial charge in [-0.05, 0) is 36.2 Å². The highest BCUT2D eigenvalue weighted by molar-refractivity contribution is 6.30. The van der Waals surface area contributed by atoms with Crippen LogP contribution in [0.25, 0.3) is 5.69 Å². The number of halogens is 1. The molecule has 3 aromatic rings. The van der Waals surface area contributed by atoms with Gasteiger partial charge in [-0.25, -0.2) is 9.67 Å². The van der Waals surface area contributed by atoms with Crippen LogP contribution in [0.1, 0.15) is 41.4 Å². The predicted octanol–water partition coefficient (Wildman–Crippen LogP) is 3.76. The van der Waals surface area contributed by atoms with Crippen LogP contribution in [0.2, 0.25) is 5.02 Å². The van der Waals surface area contributed by atoms with Gasteiger partial charge in [0.1, 0.15) is 11.9 Å². The Morgan fingerprint density at radius 1 is 1.28 bits per heavy atom. The Morgan fingerprint density at radius 3 is 2.83 bits per heavy atom. The van der Waals surface area contributed by atoms with Crippen molar-refractivity contribution in [2.45, 2.75) is 19.8 Å². The third-order valence-electron chi connectivity index (χ3n) is 4.28. The van der Waals surface area contributed by atoms with E-state index < -0.39 is 0 Å². The Morgan fingerprint density at radius 2 is 2.10 bits per heavy atom. The van der Waals surface area contributed by atoms with Gasteiger partial charge < -0.3 is 10.6 Å². The molecule has 0 fully saturated rings. The van der Waals surface area contributed by atoms with E-state index in [9.17, 15) is 4.79 Å². The second-order valence-electron chi connectivity index (χ2n) is 6.68. The van der Waals surface area contributed by atoms with Gasteiger partial charge in [0.05, 0.1) is 28.7 Å². The average molecular weight is 409 g/mol. The maximum Gasteiger partial charge on any atom is 0.254 e. The Labute approximate surface area is 174 Å². The number of hydrogen-bond acceptors (Lipinski definition) is 5. The molecule has 0 atom stereocenters. The Balaban J connectivity index is 1.69. The fourth-order valence-electron chi connectivity index (χ4n) is 2.99. The minimum absolute atomic E-state index is 0.0852. The molecule has 1 aromatic carbocycles. The summed E-state index contributed by atoms with van der Waals surface area (Å²) < 4.78 is 1.75. The van der Waals surface area contributed by atoms with Crippen LogP contribution >= 0.6 is 11.6 Å². The highest BCUT2D eigenvalue weighted by Crippen LogP contribution is 2.24. The van der Waals surface area contributed by atoms with Crippen LogP contribution in [-0.2, 0) is 0 Å². The summed E-state index contributed by atoms with van der Waals surface area (Å²) in [6.45, 7) is 4.85. The van der Waals surface area contributed by atoms with Crippen molar-refractivity contribution in [3.8, 4) is 11.8 Å². The summed E-state index contributed by atoms with van der Waals surface area (Å²) in [6, 6.07) is 12.8. The van der Waals surface area contributed by atoms with E-state index in [0.29, 0.717) is 35.1 Å². The predicted molar refractivity (Wildman–Crippen MR) is 112 cm³/mol. The van der Waals surface area contributed by atoms with E-state index in [2.05, 4.69) is 26.8 Å². The number of anilines is 1. The second kappa shape index (κ2) is 9.22. The fraction of sp³-hybridized carbons (Fsp3) is 0.238. The molecule has 2 heterocycles. The monoisotopic (exact) mass is 408 g/mol. The third-order valence-corrected chi connectivity index (χ3v) is 4.52. The molecule has 8 heteroatoms. The molecule has 0 radical (unpaired) electrons. The summed E-state index contributed by atoms with van der Waals surface area (Å²) in [7, 11) is 0. The third kappa shape index (κ3) is 4.73. The van der Waals surface area contributed by atoms with Crippen LogP contribution in [0.5, 0.6) is 0 Å². The lowest BCUT2D eigenvalue weighted by Crippen LogP contribution is -2.29. The molecule has 3 rings (SSSR count). The van der Waals surface area contributed by atoms with Gasteiger partial charge in [0, 0.05) is 24.3 Å². The highest BCUT2D eigenvalue weighted by Gasteiger charge is 2.20. The zero-order chi connectivity index (χ0) is 20.8. The van der Waals surface area contributed by atoms with Crippen molar-refractivity contribution in [2.24, 2.45) is 0 Å². The van der Waals surface area contributed by atoms with Crippen molar-refractivity contribution < 1.29 is 4.79 Å². The summed E-state index contributed by atoms with van der Waals surface area (Å²) >= 11 is 6.10. The lowest BCUT2D eigenvalue weighted by molar-refractivity contribution is 0.0954. The zero-order valence-electron chi connectivity index (χ0n) is 16.2. The van der Waals surface area contributed by atoms with Gasteiger partial charge in [-0.2, -0.15) is 10.4 Å². The molecule has 0 spiro atoms. The maximum absolute atomic E-state index is 12.7. The quantitative estimate of drug-likeness (QED) is 0.580. The molecule has 29 heavy (non-hydrogen) atoms. The average Bonchev–Trinajstić information content (AvgIpc) is 3.17. The first-order valence-electron chi connectivity index (χ1n) is 9.22. The van der Waals surface area contributed by atoms with Gasteiger partial charge in [-0.3, -0.25) is 4.79 Å². The molecule has 2 aromatic heterocycles. The topological polar surface area (TPSA) is 95.6 Å². The number of rotatable bonds is 7. The molecule has 0 saturated carbocycles. The normalized spacial score (nSPS) is 10.6. The van der Waals surface area contributed by atoms with Gasteiger partial charge in [-0.15, -0.1) is 0 Å². The van der Waals surface area contributed by atoms with Crippen LogP contribution in [0.15, 0.2) is 48.8 Å². The molecule has 1 amide bonds. The van der Waals surface area contributed by atoms with Gasteiger partial charge >= 0.3 is 0 Å². The Kier molecular flexibility index (Phi) is 6.47. The lowest BCUT2D eigenvalue weighted by atomic mass is 10.1. The van der Waals surface area contributed by atoms with Crippen molar-refractivity contribution in [1.82, 2.24) is 20.1 Å². The lowest BCUT2D eigenvalue weighted by Gasteiger charge is -2.13. The zero-order valence-corrected chi connectivity index (χ0v) is 16.9. The van der Waals surface area contributed by atoms with Crippen molar-refractivity contribution in [3.63, 3.8) is 0 Å². The van der Waals surface area contributed by atoms with E-state index in [1.54, 1.807) is 35.3 Å². The molecule has 0 aliphatic carbocycles. The standard InChI is InChI=1S/C21H21ClN6O/c1-14(2)19-18(13-27-28(19)17-7-3-6-16(22)11-17)21(29)26-10-9-25-20-15(12-23)5-4-8-24-20/h3-8,11,13-14H,9-10H2,1-2H3,(H,24,25)(H,26,29). The number of carbonyl (C=O) groups excluding carboxylic acids is 1. The van der Waals surface area contributed by atoms with Gasteiger partial charge in [0.2, 0.25) is 0 Å². The van der Waals surface area contributed by atoms with E-state index >= 15 is 0 Å². The van der Waals surface area contributed by atoms with Gasteiger partial charge in [-0.1, -0.05) is 31.5 Å². The maximum atomic E-state index is 12.7. The van der Waals surface area contributed by atoms with Crippen LogP contribution < -0.4 is 10.6 Å². The molecule has 148 valence electrons. The molecule has 7 nitrogen and oxygen atoms in total. The molecule has 0 aliphatic heterocycles. The molecule has 0 saturated heterocycles. The molecule has 2 N–H and O–H groups in total. The van der Waals surface area contributed by atoms with E-state index in [1.807, 2.05) is 32.0 Å². The van der Waals surface area contributed by atoms with Crippen LogP contribution in [-0.4, -0.2) is 33.8 Å². The van der Waals surface area contributed by atoms with Crippen molar-refractivity contribution in [1.29, 1.82) is 5.26 Å². The SMILES string of the molecule is CC(C)c1c(C(=O)NCCNc2ncccc2C#N)cnn1-c1cccc(Cl)c1. The summed E-state index contributed by atoms with van der Waals surface area (Å²) in [4.78, 5) is 16.9. The molecule has 0 aliphatic rings. The number of hydrogen-bond donors (Lipinski definition) is 2. The summed E-state index contributed by atoms with van der Waals surface area (Å²) in [6.07, 6.45) is 3.19. The van der Waals surface area contributed by atoms with Crippen LogP contribution in [0, 0.1) is 11.3 Å². The number of carbonyl (C=O) groups is 1. The van der Waals surface area contributed by atoms with Crippen molar-refractivity contribution in [2.75, 3.05) is 18.4 Å². The minimum Gasteiger partial charge on any atom is -0.367 e. The highest BCUT2D eigenvalue weighted by atomic mass is 35.5. The molecular weight excluding hydrogens is 388 g/mol. The first-order valence-corrected chi connectivity index (χ1v) is 9.60. The van der Waals surface area contributed by atoms with Gasteiger partial charge in [0.15, 0.2) is 0 Å². The summed E-state index contributed by atoms with van der Waals surface area (Å²) in [5, 5.41) is 20.1. The van der Waals surface area contributed by atoms with E-state index in [4.69, 9.17) is 16.9 Å². The van der Waals surface area contributed by atoms with Crippen molar-refractivity contribution in [3.05, 3.63) is 70.6 Å². The second-order valence-corrected chi connectivity index (χ2v) is 7.12. The molecule has 0 bridgehead atoms. The fourth-order valence-corrected chi connectivity index (χ4v) is 3.18. The number of pyridine rings is 1. The Hall–Kier alpha value is -3.37. The molecular formula is C21H21ClN6O. The van der Waals surface area contributed by atoms with Crippen molar-refractivity contribution >= 4 is 23.3 Å². The number of nitrogens with zero attached hydrogens (tertiary/aromatic N) is 4. The van der Waals surface area contributed by atoms with Crippen LogP contribution in [0.3, 0.4) is 0 Å². The summed E-state index contributed by atoms with van der Waals surface area (Å²) in [5.41, 5.74) is 2.61. The first kappa shape index (κ1) is 20.4. The largest absolute Gasteiger partial charge is 0.367 e. The number of nitrogens with one attached hydrogen (secondary N) is 2. The number of amides is 1. The smallest absolute Gasteiger partial charge is 0.254 e. The van der Waals surface area contributed by atoms with E-state index in [1.165, 1.54) is 0 Å². The number of aromatic nitrogens is 3. The number of benzene rings is 1. The van der Waals surface area contributed by atoms with Crippen LogP contribution in [0.4, 0.5) is 5.82 Å². The van der Waals surface area contributed by atoms with E-state index in [0.717, 1.165) is 11.4 Å². The van der Waals surface area contributed by atoms with Gasteiger partial charge in [0.25, 0.3) is 5.91 Å². The van der Waals surface area contributed by atoms with E-state index in [-0.39, 0.29) is 11.8 Å². The number of nitriles is 1.